The molecule has 1 fully saturated rings. The Morgan fingerprint density at radius 2 is 2.47 bits per heavy atom. The van der Waals surface area contributed by atoms with Crippen LogP contribution in [0.3, 0.4) is 0 Å². The number of aliphatic hydroxyl groups is 2. The van der Waals surface area contributed by atoms with Crippen LogP contribution >= 0.6 is 0 Å². The molecule has 6 heteroatoms. The first-order chi connectivity index (χ1) is 8.10. The third-order valence-corrected chi connectivity index (χ3v) is 3.45. The highest BCUT2D eigenvalue weighted by molar-refractivity contribution is 5.88. The number of hydrogen-bond donors (Lipinski definition) is 3. The van der Waals surface area contributed by atoms with Gasteiger partial charge in [0.15, 0.2) is 0 Å². The summed E-state index contributed by atoms with van der Waals surface area (Å²) in [5.41, 5.74) is -0.514. The molecule has 1 amide bonds. The second kappa shape index (κ2) is 4.64. The SMILES string of the molecule is CC[C@@]1(CO)CC[C@H](N2C=CC(=O)N[C@H]2O)O1. The molecule has 3 N–H and O–H groups in total. The summed E-state index contributed by atoms with van der Waals surface area (Å²) >= 11 is 0. The standard InChI is InChI=1S/C11H18N2O4/c1-2-11(7-14)5-3-9(17-11)13-6-4-8(15)12-10(13)16/h4,6,9-10,14,16H,2-3,5,7H2,1H3,(H,12,15)/t9-,10-,11+/m1/s1. The highest BCUT2D eigenvalue weighted by atomic mass is 16.5. The Labute approximate surface area is 99.9 Å². The summed E-state index contributed by atoms with van der Waals surface area (Å²) in [6, 6.07) is 0. The predicted octanol–water partition coefficient (Wildman–Crippen LogP) is -0.515. The molecule has 0 aromatic heterocycles. The Morgan fingerprint density at radius 3 is 3.00 bits per heavy atom. The van der Waals surface area contributed by atoms with Crippen LogP contribution in [0.1, 0.15) is 26.2 Å². The first-order valence-corrected chi connectivity index (χ1v) is 5.83. The van der Waals surface area contributed by atoms with E-state index in [0.29, 0.717) is 6.42 Å². The van der Waals surface area contributed by atoms with Gasteiger partial charge in [0.05, 0.1) is 12.2 Å². The molecule has 0 unspecified atom stereocenters. The highest BCUT2D eigenvalue weighted by Gasteiger charge is 2.42. The van der Waals surface area contributed by atoms with Crippen LogP contribution in [0.25, 0.3) is 0 Å². The fourth-order valence-electron chi connectivity index (χ4n) is 2.23. The maximum absolute atomic E-state index is 11.0. The lowest BCUT2D eigenvalue weighted by Crippen LogP contribution is -2.52. The molecular formula is C11H18N2O4. The Morgan fingerprint density at radius 1 is 1.71 bits per heavy atom. The van der Waals surface area contributed by atoms with Crippen LogP contribution in [0, 0.1) is 0 Å². The summed E-state index contributed by atoms with van der Waals surface area (Å²) in [4.78, 5) is 12.6. The molecule has 17 heavy (non-hydrogen) atoms. The van der Waals surface area contributed by atoms with Gasteiger partial charge in [-0.1, -0.05) is 6.92 Å². The molecule has 0 bridgehead atoms. The number of carbonyl (C=O) groups excluding carboxylic acids is 1. The normalized spacial score (nSPS) is 37.4. The molecule has 0 spiro atoms. The van der Waals surface area contributed by atoms with Gasteiger partial charge in [-0.05, 0) is 19.3 Å². The van der Waals surface area contributed by atoms with E-state index in [1.165, 1.54) is 12.3 Å². The number of rotatable bonds is 3. The zero-order valence-electron chi connectivity index (χ0n) is 9.80. The number of hydrogen-bond acceptors (Lipinski definition) is 5. The van der Waals surface area contributed by atoms with Crippen LogP contribution in [0.2, 0.25) is 0 Å². The molecule has 0 aliphatic carbocycles. The van der Waals surface area contributed by atoms with Crippen molar-refractivity contribution < 1.29 is 19.7 Å². The average molecular weight is 242 g/mol. The Kier molecular flexibility index (Phi) is 3.37. The number of amides is 1. The lowest BCUT2D eigenvalue weighted by molar-refractivity contribution is -0.161. The van der Waals surface area contributed by atoms with Crippen molar-refractivity contribution in [3.05, 3.63) is 12.3 Å². The minimum atomic E-state index is -1.07. The van der Waals surface area contributed by atoms with Gasteiger partial charge in [0.2, 0.25) is 12.3 Å². The second-order valence-corrected chi connectivity index (χ2v) is 4.45. The molecule has 6 nitrogen and oxygen atoms in total. The largest absolute Gasteiger partial charge is 0.393 e. The topological polar surface area (TPSA) is 82.0 Å². The molecular weight excluding hydrogens is 224 g/mol. The summed E-state index contributed by atoms with van der Waals surface area (Å²) in [5.74, 6) is -0.323. The van der Waals surface area contributed by atoms with Crippen LogP contribution in [-0.4, -0.2) is 45.8 Å². The van der Waals surface area contributed by atoms with E-state index in [1.807, 2.05) is 6.92 Å². The van der Waals surface area contributed by atoms with Gasteiger partial charge in [0, 0.05) is 12.3 Å². The van der Waals surface area contributed by atoms with Crippen molar-refractivity contribution in [2.45, 2.75) is 44.4 Å². The van der Waals surface area contributed by atoms with Crippen molar-refractivity contribution in [1.82, 2.24) is 10.2 Å². The van der Waals surface area contributed by atoms with E-state index in [9.17, 15) is 15.0 Å². The first kappa shape index (κ1) is 12.3. The number of nitrogens with one attached hydrogen (secondary N) is 1. The van der Waals surface area contributed by atoms with E-state index in [1.54, 1.807) is 4.90 Å². The van der Waals surface area contributed by atoms with Gasteiger partial charge in [0.1, 0.15) is 6.23 Å². The number of ether oxygens (including phenoxy) is 1. The molecule has 0 aromatic rings. The molecule has 96 valence electrons. The monoisotopic (exact) mass is 242 g/mol. The van der Waals surface area contributed by atoms with Crippen molar-refractivity contribution in [2.75, 3.05) is 6.61 Å². The van der Waals surface area contributed by atoms with Crippen LogP contribution in [0.4, 0.5) is 0 Å². The fourth-order valence-corrected chi connectivity index (χ4v) is 2.23. The van der Waals surface area contributed by atoms with Crippen molar-refractivity contribution in [3.8, 4) is 0 Å². The molecule has 0 aromatic carbocycles. The second-order valence-electron chi connectivity index (χ2n) is 4.45. The number of carbonyl (C=O) groups is 1. The van der Waals surface area contributed by atoms with Gasteiger partial charge < -0.3 is 25.2 Å². The maximum Gasteiger partial charge on any atom is 0.248 e. The first-order valence-electron chi connectivity index (χ1n) is 5.83. The van der Waals surface area contributed by atoms with Crippen molar-refractivity contribution in [1.29, 1.82) is 0 Å². The third-order valence-electron chi connectivity index (χ3n) is 3.45. The number of aliphatic hydroxyl groups excluding tert-OH is 2. The zero-order valence-corrected chi connectivity index (χ0v) is 9.80. The summed E-state index contributed by atoms with van der Waals surface area (Å²) in [5, 5.41) is 21.4. The van der Waals surface area contributed by atoms with E-state index in [-0.39, 0.29) is 18.7 Å². The summed E-state index contributed by atoms with van der Waals surface area (Å²) < 4.78 is 5.81. The molecule has 2 aliphatic heterocycles. The van der Waals surface area contributed by atoms with Crippen LogP contribution in [0.15, 0.2) is 12.3 Å². The quantitative estimate of drug-likeness (QED) is 0.620. The van der Waals surface area contributed by atoms with Crippen molar-refractivity contribution in [2.24, 2.45) is 0 Å². The smallest absolute Gasteiger partial charge is 0.248 e. The summed E-state index contributed by atoms with van der Waals surface area (Å²) in [6.45, 7) is 1.93. The van der Waals surface area contributed by atoms with Gasteiger partial charge in [-0.25, -0.2) is 0 Å². The Bertz CT molecular complexity index is 327. The summed E-state index contributed by atoms with van der Waals surface area (Å²) in [7, 11) is 0. The van der Waals surface area contributed by atoms with Gasteiger partial charge in [0.25, 0.3) is 0 Å². The van der Waals surface area contributed by atoms with Crippen LogP contribution < -0.4 is 5.32 Å². The van der Waals surface area contributed by atoms with E-state index in [4.69, 9.17) is 4.74 Å². The summed E-state index contributed by atoms with van der Waals surface area (Å²) in [6.07, 6.45) is 3.68. The van der Waals surface area contributed by atoms with Crippen LogP contribution in [-0.2, 0) is 9.53 Å². The molecule has 2 heterocycles. The van der Waals surface area contributed by atoms with Crippen molar-refractivity contribution in [3.63, 3.8) is 0 Å². The Hall–Kier alpha value is -1.11. The maximum atomic E-state index is 11.0. The van der Waals surface area contributed by atoms with E-state index >= 15 is 0 Å². The molecule has 1 saturated heterocycles. The molecule has 0 saturated carbocycles. The fraction of sp³-hybridized carbons (Fsp3) is 0.727. The van der Waals surface area contributed by atoms with Gasteiger partial charge in [-0.2, -0.15) is 0 Å². The highest BCUT2D eigenvalue weighted by Crippen LogP contribution is 2.35. The van der Waals surface area contributed by atoms with Crippen LogP contribution in [0.5, 0.6) is 0 Å². The average Bonchev–Trinajstić information content (AvgIpc) is 2.74. The molecule has 0 radical (unpaired) electrons. The van der Waals surface area contributed by atoms with E-state index in [0.717, 1.165) is 12.8 Å². The predicted molar refractivity (Wildman–Crippen MR) is 59.3 cm³/mol. The van der Waals surface area contributed by atoms with E-state index < -0.39 is 12.0 Å². The molecule has 3 atom stereocenters. The molecule has 2 aliphatic rings. The third kappa shape index (κ3) is 2.29. The number of nitrogens with zero attached hydrogens (tertiary/aromatic N) is 1. The minimum Gasteiger partial charge on any atom is -0.393 e. The minimum absolute atomic E-state index is 0.0278. The van der Waals surface area contributed by atoms with Gasteiger partial charge in [-0.15, -0.1) is 0 Å². The van der Waals surface area contributed by atoms with Gasteiger partial charge >= 0.3 is 0 Å². The molecule has 2 rings (SSSR count). The van der Waals surface area contributed by atoms with Crippen molar-refractivity contribution >= 4 is 5.91 Å². The lowest BCUT2D eigenvalue weighted by Gasteiger charge is -2.35. The Balaban J connectivity index is 2.05. The van der Waals surface area contributed by atoms with E-state index in [2.05, 4.69) is 5.32 Å². The zero-order chi connectivity index (χ0) is 12.5. The lowest BCUT2D eigenvalue weighted by atomic mass is 9.98. The van der Waals surface area contributed by atoms with Gasteiger partial charge in [-0.3, -0.25) is 4.79 Å².